The fraction of sp³-hybridized carbons (Fsp3) is 0.150. The fourth-order valence-corrected chi connectivity index (χ4v) is 3.03. The van der Waals surface area contributed by atoms with E-state index in [1.165, 1.54) is 7.11 Å². The maximum Gasteiger partial charge on any atom is 0.305 e. The lowest BCUT2D eigenvalue weighted by atomic mass is 10.1. The van der Waals surface area contributed by atoms with Crippen molar-refractivity contribution in [1.82, 2.24) is 15.2 Å². The van der Waals surface area contributed by atoms with Crippen LogP contribution in [0.2, 0.25) is 5.02 Å². The summed E-state index contributed by atoms with van der Waals surface area (Å²) in [6.07, 6.45) is 0.576. The molecule has 4 rings (SSSR count). The number of hydrogen-bond acceptors (Lipinski definition) is 5. The molecule has 0 aliphatic carbocycles. The molecular weight excluding hydrogens is 366 g/mol. The number of ether oxygens (including phenoxy) is 1. The highest BCUT2D eigenvalue weighted by Crippen LogP contribution is 2.32. The lowest BCUT2D eigenvalue weighted by molar-refractivity contribution is -0.140. The topological polar surface area (TPSA) is 81.0 Å². The van der Waals surface area contributed by atoms with Crippen molar-refractivity contribution in [2.75, 3.05) is 7.11 Å². The van der Waals surface area contributed by atoms with E-state index in [1.807, 2.05) is 36.4 Å². The molecule has 0 radical (unpaired) electrons. The van der Waals surface area contributed by atoms with Crippen LogP contribution in [0, 0.1) is 0 Å². The van der Waals surface area contributed by atoms with Gasteiger partial charge < -0.3 is 9.15 Å². The highest BCUT2D eigenvalue weighted by Gasteiger charge is 2.20. The Hall–Kier alpha value is -3.12. The third-order valence-corrected chi connectivity index (χ3v) is 4.52. The summed E-state index contributed by atoms with van der Waals surface area (Å²) in [4.78, 5) is 16.2. The quantitative estimate of drug-likeness (QED) is 0.509. The smallest absolute Gasteiger partial charge is 0.305 e. The summed E-state index contributed by atoms with van der Waals surface area (Å²) in [7, 11) is 1.37. The summed E-state index contributed by atoms with van der Waals surface area (Å²) in [6.45, 7) is 0. The molecule has 0 saturated heterocycles. The van der Waals surface area contributed by atoms with E-state index < -0.39 is 0 Å². The van der Waals surface area contributed by atoms with E-state index in [9.17, 15) is 4.79 Å². The molecule has 136 valence electrons. The van der Waals surface area contributed by atoms with E-state index in [4.69, 9.17) is 20.8 Å². The maximum absolute atomic E-state index is 11.6. The second-order valence-electron chi connectivity index (χ2n) is 5.99. The first-order chi connectivity index (χ1) is 13.2. The second kappa shape index (κ2) is 7.25. The van der Waals surface area contributed by atoms with E-state index in [0.717, 1.165) is 16.5 Å². The number of aryl methyl sites for hydroxylation is 1. The van der Waals surface area contributed by atoms with Gasteiger partial charge in [-0.25, -0.2) is 4.98 Å². The van der Waals surface area contributed by atoms with Gasteiger partial charge in [0.05, 0.1) is 19.0 Å². The molecule has 0 fully saturated rings. The molecule has 0 amide bonds. The molecule has 27 heavy (non-hydrogen) atoms. The lowest BCUT2D eigenvalue weighted by Crippen LogP contribution is -2.02. The molecule has 0 unspecified atom stereocenters. The molecule has 0 spiro atoms. The van der Waals surface area contributed by atoms with Gasteiger partial charge in [-0.1, -0.05) is 41.9 Å². The van der Waals surface area contributed by atoms with Gasteiger partial charge in [0.25, 0.3) is 0 Å². The van der Waals surface area contributed by atoms with Crippen LogP contribution >= 0.6 is 11.6 Å². The summed E-state index contributed by atoms with van der Waals surface area (Å²) in [5, 5.41) is 8.88. The number of nitrogens with one attached hydrogen (secondary N) is 1. The van der Waals surface area contributed by atoms with Gasteiger partial charge in [-0.05, 0) is 18.2 Å². The number of rotatable bonds is 5. The Bertz CT molecular complexity index is 1100. The van der Waals surface area contributed by atoms with E-state index in [1.54, 1.807) is 12.1 Å². The Morgan fingerprint density at radius 2 is 1.93 bits per heavy atom. The average Bonchev–Trinajstić information content (AvgIpc) is 3.30. The minimum Gasteiger partial charge on any atom is -0.469 e. The fourth-order valence-electron chi connectivity index (χ4n) is 2.90. The number of para-hydroxylation sites is 1. The molecule has 0 atom stereocenters. The van der Waals surface area contributed by atoms with Gasteiger partial charge in [0.1, 0.15) is 11.5 Å². The van der Waals surface area contributed by atoms with E-state index >= 15 is 0 Å². The number of benzene rings is 2. The first-order valence-electron chi connectivity index (χ1n) is 8.41. The Morgan fingerprint density at radius 3 is 2.70 bits per heavy atom. The van der Waals surface area contributed by atoms with E-state index in [-0.39, 0.29) is 12.4 Å². The molecule has 0 saturated carbocycles. The van der Waals surface area contributed by atoms with Gasteiger partial charge in [0, 0.05) is 22.4 Å². The number of fused-ring (bicyclic) bond motifs is 1. The van der Waals surface area contributed by atoms with Crippen molar-refractivity contribution in [3.8, 4) is 22.8 Å². The van der Waals surface area contributed by atoms with Crippen LogP contribution in [0.4, 0.5) is 0 Å². The van der Waals surface area contributed by atoms with Crippen molar-refractivity contribution in [2.24, 2.45) is 0 Å². The van der Waals surface area contributed by atoms with Crippen LogP contribution in [0.3, 0.4) is 0 Å². The van der Waals surface area contributed by atoms with Gasteiger partial charge in [0.15, 0.2) is 5.69 Å². The lowest BCUT2D eigenvalue weighted by Gasteiger charge is -2.01. The molecule has 6 nitrogen and oxygen atoms in total. The Labute approximate surface area is 160 Å². The molecule has 2 aromatic heterocycles. The van der Waals surface area contributed by atoms with Crippen LogP contribution in [0.15, 0.2) is 52.9 Å². The van der Waals surface area contributed by atoms with Crippen LogP contribution in [0.1, 0.15) is 12.2 Å². The summed E-state index contributed by atoms with van der Waals surface area (Å²) < 4.78 is 10.7. The predicted octanol–water partition coefficient (Wildman–Crippen LogP) is 4.64. The van der Waals surface area contributed by atoms with Gasteiger partial charge >= 0.3 is 5.97 Å². The zero-order valence-corrected chi connectivity index (χ0v) is 15.3. The van der Waals surface area contributed by atoms with Crippen LogP contribution < -0.4 is 0 Å². The summed E-state index contributed by atoms with van der Waals surface area (Å²) >= 11 is 5.99. The summed E-state index contributed by atoms with van der Waals surface area (Å²) in [5.74, 6) is 0.697. The molecule has 7 heteroatoms. The molecule has 0 aliphatic heterocycles. The zero-order valence-electron chi connectivity index (χ0n) is 14.5. The number of H-pyrrole nitrogens is 1. The number of methoxy groups -OCH3 is 1. The number of carbonyl (C=O) groups is 1. The molecule has 4 aromatic rings. The van der Waals surface area contributed by atoms with Gasteiger partial charge in [-0.15, -0.1) is 0 Å². The zero-order chi connectivity index (χ0) is 18.8. The van der Waals surface area contributed by atoms with Gasteiger partial charge in [-0.2, -0.15) is 5.10 Å². The predicted molar refractivity (Wildman–Crippen MR) is 102 cm³/mol. The SMILES string of the molecule is COC(=O)CCc1oc(-c2n[nH]c3ccccc23)nc1-c1ccc(Cl)cc1. The molecule has 0 bridgehead atoms. The van der Waals surface area contributed by atoms with Crippen molar-refractivity contribution in [1.29, 1.82) is 0 Å². The Balaban J connectivity index is 1.79. The minimum absolute atomic E-state index is 0.201. The number of aromatic nitrogens is 3. The number of hydrogen-bond donors (Lipinski definition) is 1. The maximum atomic E-state index is 11.6. The number of nitrogens with zero attached hydrogens (tertiary/aromatic N) is 2. The standard InChI is InChI=1S/C20H16ClN3O3/c1-26-17(25)11-10-16-18(12-6-8-13(21)9-7-12)22-20(27-16)19-14-4-2-3-5-15(14)23-24-19/h2-9H,10-11H2,1H3,(H,23,24). The van der Waals surface area contributed by atoms with Crippen molar-refractivity contribution < 1.29 is 13.9 Å². The largest absolute Gasteiger partial charge is 0.469 e. The highest BCUT2D eigenvalue weighted by atomic mass is 35.5. The third kappa shape index (κ3) is 3.44. The normalized spacial score (nSPS) is 11.0. The number of esters is 1. The van der Waals surface area contributed by atoms with Crippen LogP contribution in [0.25, 0.3) is 33.7 Å². The van der Waals surface area contributed by atoms with Gasteiger partial charge in [-0.3, -0.25) is 9.89 Å². The summed E-state index contributed by atoms with van der Waals surface area (Å²) in [5.41, 5.74) is 3.05. The Morgan fingerprint density at radius 1 is 1.15 bits per heavy atom. The first kappa shape index (κ1) is 17.3. The molecular formula is C20H16ClN3O3. The van der Waals surface area contributed by atoms with Crippen molar-refractivity contribution in [3.63, 3.8) is 0 Å². The van der Waals surface area contributed by atoms with Crippen LogP contribution in [-0.2, 0) is 16.0 Å². The third-order valence-electron chi connectivity index (χ3n) is 4.27. The molecule has 2 aromatic carbocycles. The molecule has 2 heterocycles. The van der Waals surface area contributed by atoms with Crippen LogP contribution in [-0.4, -0.2) is 28.3 Å². The monoisotopic (exact) mass is 381 g/mol. The van der Waals surface area contributed by atoms with E-state index in [2.05, 4.69) is 15.2 Å². The number of halogens is 1. The van der Waals surface area contributed by atoms with Crippen molar-refractivity contribution in [2.45, 2.75) is 12.8 Å². The average molecular weight is 382 g/mol. The number of carbonyl (C=O) groups excluding carboxylic acids is 1. The highest BCUT2D eigenvalue weighted by molar-refractivity contribution is 6.30. The molecule has 1 N–H and O–H groups in total. The van der Waals surface area contributed by atoms with Crippen molar-refractivity contribution in [3.05, 3.63) is 59.3 Å². The number of aromatic amines is 1. The first-order valence-corrected chi connectivity index (χ1v) is 8.79. The van der Waals surface area contributed by atoms with Crippen LogP contribution in [0.5, 0.6) is 0 Å². The molecule has 0 aliphatic rings. The number of oxazole rings is 1. The second-order valence-corrected chi connectivity index (χ2v) is 6.43. The minimum atomic E-state index is -0.305. The van der Waals surface area contributed by atoms with Gasteiger partial charge in [0.2, 0.25) is 5.89 Å². The Kier molecular flexibility index (Phi) is 4.64. The summed E-state index contributed by atoms with van der Waals surface area (Å²) in [6, 6.07) is 15.1. The van der Waals surface area contributed by atoms with E-state index in [0.29, 0.717) is 34.5 Å². The van der Waals surface area contributed by atoms with Crippen molar-refractivity contribution >= 4 is 28.5 Å².